The molecule has 0 unspecified atom stereocenters. The minimum atomic E-state index is 0.696. The van der Waals surface area contributed by atoms with E-state index >= 15 is 0 Å². The van der Waals surface area contributed by atoms with Gasteiger partial charge in [0.25, 0.3) is 0 Å². The number of para-hydroxylation sites is 2. The van der Waals surface area contributed by atoms with Crippen molar-refractivity contribution in [1.29, 1.82) is 0 Å². The topological polar surface area (TPSA) is 26.0 Å². The number of allylic oxidation sites excluding steroid dienone is 6. The molecule has 0 atom stereocenters. The average Bonchev–Trinajstić information content (AvgIpc) is 2.56. The monoisotopic (exact) mass is 209 g/mol. The summed E-state index contributed by atoms with van der Waals surface area (Å²) in [5.74, 6) is 0.696. The summed E-state index contributed by atoms with van der Waals surface area (Å²) in [4.78, 5) is 4.46. The van der Waals surface area contributed by atoms with Gasteiger partial charge in [0, 0.05) is 5.57 Å². The van der Waals surface area contributed by atoms with E-state index in [2.05, 4.69) is 17.1 Å². The first-order valence-electron chi connectivity index (χ1n) is 5.33. The molecule has 0 N–H and O–H groups in total. The molecule has 1 aromatic heterocycles. The van der Waals surface area contributed by atoms with Crippen molar-refractivity contribution in [3.63, 3.8) is 0 Å². The second-order valence-corrected chi connectivity index (χ2v) is 3.67. The highest BCUT2D eigenvalue weighted by Crippen LogP contribution is 2.22. The van der Waals surface area contributed by atoms with Crippen LogP contribution in [-0.4, -0.2) is 4.98 Å². The summed E-state index contributed by atoms with van der Waals surface area (Å²) < 4.78 is 5.70. The van der Waals surface area contributed by atoms with E-state index in [9.17, 15) is 0 Å². The van der Waals surface area contributed by atoms with Gasteiger partial charge in [-0.25, -0.2) is 4.98 Å². The zero-order valence-electron chi connectivity index (χ0n) is 8.76. The fourth-order valence-corrected chi connectivity index (χ4v) is 1.73. The van der Waals surface area contributed by atoms with Crippen molar-refractivity contribution >= 4 is 16.7 Å². The molecule has 0 saturated carbocycles. The van der Waals surface area contributed by atoms with Crippen LogP contribution in [0.3, 0.4) is 0 Å². The fraction of sp³-hybridized carbons (Fsp3) is 0.0714. The Morgan fingerprint density at radius 2 is 2.06 bits per heavy atom. The maximum absolute atomic E-state index is 5.70. The lowest BCUT2D eigenvalue weighted by atomic mass is 10.2. The van der Waals surface area contributed by atoms with Crippen molar-refractivity contribution in [3.8, 4) is 0 Å². The lowest BCUT2D eigenvalue weighted by Crippen LogP contribution is -1.79. The van der Waals surface area contributed by atoms with Gasteiger partial charge in [-0.15, -0.1) is 0 Å². The van der Waals surface area contributed by atoms with E-state index in [4.69, 9.17) is 4.42 Å². The summed E-state index contributed by atoms with van der Waals surface area (Å²) in [7, 11) is 0. The highest BCUT2D eigenvalue weighted by molar-refractivity contribution is 5.78. The van der Waals surface area contributed by atoms with Crippen LogP contribution in [-0.2, 0) is 0 Å². The third-order valence-electron chi connectivity index (χ3n) is 2.54. The molecular formula is C14H11NO. The zero-order chi connectivity index (χ0) is 10.8. The van der Waals surface area contributed by atoms with Crippen LogP contribution in [0.1, 0.15) is 12.3 Å². The number of rotatable bonds is 1. The Morgan fingerprint density at radius 3 is 3.00 bits per heavy atom. The molecule has 2 heteroatoms. The summed E-state index contributed by atoms with van der Waals surface area (Å²) in [6.07, 6.45) is 11.2. The standard InChI is InChI=1S/C14H11NO/c1-2-4-8-11(7-3-1)14-15-12-9-5-6-10-13(12)16-14/h1-3,5-10H,4H2. The van der Waals surface area contributed by atoms with Crippen LogP contribution in [0.4, 0.5) is 0 Å². The highest BCUT2D eigenvalue weighted by atomic mass is 16.3. The van der Waals surface area contributed by atoms with Gasteiger partial charge < -0.3 is 4.42 Å². The van der Waals surface area contributed by atoms with Crippen LogP contribution in [0.25, 0.3) is 16.7 Å². The lowest BCUT2D eigenvalue weighted by molar-refractivity contribution is 0.585. The Kier molecular flexibility index (Phi) is 2.18. The zero-order valence-corrected chi connectivity index (χ0v) is 8.76. The fourth-order valence-electron chi connectivity index (χ4n) is 1.73. The van der Waals surface area contributed by atoms with Crippen molar-refractivity contribution in [2.24, 2.45) is 0 Å². The predicted octanol–water partition coefficient (Wildman–Crippen LogP) is 3.73. The Balaban J connectivity index is 2.09. The minimum Gasteiger partial charge on any atom is -0.436 e. The molecule has 1 aliphatic rings. The smallest absolute Gasteiger partial charge is 0.226 e. The van der Waals surface area contributed by atoms with E-state index in [0.29, 0.717) is 5.89 Å². The molecule has 0 radical (unpaired) electrons. The van der Waals surface area contributed by atoms with E-state index in [-0.39, 0.29) is 0 Å². The average molecular weight is 209 g/mol. The Morgan fingerprint density at radius 1 is 1.12 bits per heavy atom. The summed E-state index contributed by atoms with van der Waals surface area (Å²) >= 11 is 0. The lowest BCUT2D eigenvalue weighted by Gasteiger charge is -1.92. The molecule has 0 aliphatic heterocycles. The van der Waals surface area contributed by atoms with E-state index in [0.717, 1.165) is 23.1 Å². The molecule has 2 aromatic rings. The number of fused-ring (bicyclic) bond motifs is 1. The van der Waals surface area contributed by atoms with Crippen molar-refractivity contribution in [2.75, 3.05) is 0 Å². The summed E-state index contributed by atoms with van der Waals surface area (Å²) in [5.41, 5.74) is 2.79. The Bertz CT molecular complexity index is 569. The molecule has 1 heterocycles. The molecule has 1 aliphatic carbocycles. The van der Waals surface area contributed by atoms with Crippen molar-refractivity contribution in [3.05, 3.63) is 60.5 Å². The van der Waals surface area contributed by atoms with Gasteiger partial charge in [0.1, 0.15) is 5.52 Å². The third kappa shape index (κ3) is 1.58. The van der Waals surface area contributed by atoms with Crippen LogP contribution in [0.2, 0.25) is 0 Å². The Hall–Kier alpha value is -2.09. The van der Waals surface area contributed by atoms with Crippen molar-refractivity contribution < 1.29 is 4.42 Å². The SMILES string of the molecule is C1=CCC=C(c2nc3ccccc3o2)C=C1. The van der Waals surface area contributed by atoms with Gasteiger partial charge >= 0.3 is 0 Å². The van der Waals surface area contributed by atoms with Crippen LogP contribution in [0, 0.1) is 0 Å². The normalized spacial score (nSPS) is 15.1. The number of hydrogen-bond acceptors (Lipinski definition) is 2. The predicted molar refractivity (Wildman–Crippen MR) is 64.9 cm³/mol. The van der Waals surface area contributed by atoms with Gasteiger partial charge in [0.15, 0.2) is 5.58 Å². The van der Waals surface area contributed by atoms with E-state index in [1.165, 1.54) is 0 Å². The summed E-state index contributed by atoms with van der Waals surface area (Å²) in [6, 6.07) is 7.82. The van der Waals surface area contributed by atoms with Gasteiger partial charge in [0.05, 0.1) is 0 Å². The van der Waals surface area contributed by atoms with Gasteiger partial charge in [-0.3, -0.25) is 0 Å². The van der Waals surface area contributed by atoms with Crippen LogP contribution >= 0.6 is 0 Å². The number of benzene rings is 1. The molecule has 0 spiro atoms. The molecule has 0 saturated heterocycles. The molecule has 3 rings (SSSR count). The van der Waals surface area contributed by atoms with Crippen molar-refractivity contribution in [1.82, 2.24) is 4.98 Å². The molecule has 0 fully saturated rings. The van der Waals surface area contributed by atoms with Crippen LogP contribution in [0.5, 0.6) is 0 Å². The molecule has 78 valence electrons. The molecule has 0 amide bonds. The maximum Gasteiger partial charge on any atom is 0.226 e. The van der Waals surface area contributed by atoms with E-state index in [1.54, 1.807) is 0 Å². The first kappa shape index (κ1) is 9.16. The number of oxazole rings is 1. The Labute approximate surface area is 93.6 Å². The van der Waals surface area contributed by atoms with Gasteiger partial charge in [-0.05, 0) is 24.6 Å². The first-order chi connectivity index (χ1) is 7.93. The van der Waals surface area contributed by atoms with E-state index in [1.807, 2.05) is 42.5 Å². The highest BCUT2D eigenvalue weighted by Gasteiger charge is 2.07. The molecule has 1 aromatic carbocycles. The number of aromatic nitrogens is 1. The molecule has 0 bridgehead atoms. The van der Waals surface area contributed by atoms with Gasteiger partial charge in [0.2, 0.25) is 5.89 Å². The summed E-state index contributed by atoms with van der Waals surface area (Å²) in [6.45, 7) is 0. The maximum atomic E-state index is 5.70. The second-order valence-electron chi connectivity index (χ2n) is 3.67. The second kappa shape index (κ2) is 3.81. The summed E-state index contributed by atoms with van der Waals surface area (Å²) in [5, 5.41) is 0. The quantitative estimate of drug-likeness (QED) is 0.715. The first-order valence-corrected chi connectivity index (χ1v) is 5.33. The molecule has 2 nitrogen and oxygen atoms in total. The number of hydrogen-bond donors (Lipinski definition) is 0. The molecule has 16 heavy (non-hydrogen) atoms. The van der Waals surface area contributed by atoms with Crippen molar-refractivity contribution in [2.45, 2.75) is 6.42 Å². The number of nitrogens with zero attached hydrogens (tertiary/aromatic N) is 1. The van der Waals surface area contributed by atoms with Crippen LogP contribution < -0.4 is 0 Å². The van der Waals surface area contributed by atoms with Gasteiger partial charge in [-0.2, -0.15) is 0 Å². The van der Waals surface area contributed by atoms with E-state index < -0.39 is 0 Å². The van der Waals surface area contributed by atoms with Crippen LogP contribution in [0.15, 0.2) is 59.1 Å². The molecular weight excluding hydrogens is 198 g/mol. The third-order valence-corrected chi connectivity index (χ3v) is 2.54. The largest absolute Gasteiger partial charge is 0.436 e. The van der Waals surface area contributed by atoms with Gasteiger partial charge in [-0.1, -0.05) is 36.4 Å². The minimum absolute atomic E-state index is 0.696.